The van der Waals surface area contributed by atoms with Gasteiger partial charge in [0.25, 0.3) is 0 Å². The molecule has 106 valence electrons. The van der Waals surface area contributed by atoms with E-state index in [-0.39, 0.29) is 12.2 Å². The molecule has 0 aliphatic heterocycles. The van der Waals surface area contributed by atoms with Crippen molar-refractivity contribution in [3.05, 3.63) is 53.6 Å². The van der Waals surface area contributed by atoms with Crippen LogP contribution >= 0.6 is 0 Å². The minimum atomic E-state index is -0.625. The standard InChI is InChI=1S/C15H15F2NO2/c1-19-11-6-10(7-12(8-11)20-2)9-18-15-13(16)4-3-5-14(15)17/h3-8,18H,9H2,1-2H3. The van der Waals surface area contributed by atoms with Crippen molar-refractivity contribution >= 4 is 5.69 Å². The minimum Gasteiger partial charge on any atom is -0.497 e. The summed E-state index contributed by atoms with van der Waals surface area (Å²) in [5.41, 5.74) is 0.651. The van der Waals surface area contributed by atoms with E-state index >= 15 is 0 Å². The number of hydrogen-bond donors (Lipinski definition) is 1. The van der Waals surface area contributed by atoms with Crippen LogP contribution in [0.4, 0.5) is 14.5 Å². The molecule has 0 radical (unpaired) electrons. The van der Waals surface area contributed by atoms with Crippen LogP contribution in [0.5, 0.6) is 11.5 Å². The molecule has 1 N–H and O–H groups in total. The molecule has 0 aliphatic carbocycles. The van der Waals surface area contributed by atoms with E-state index in [1.165, 1.54) is 18.2 Å². The Labute approximate surface area is 116 Å². The first-order chi connectivity index (χ1) is 9.63. The molecule has 0 bridgehead atoms. The number of methoxy groups -OCH3 is 2. The summed E-state index contributed by atoms with van der Waals surface area (Å²) in [4.78, 5) is 0. The molecule has 0 saturated carbocycles. The van der Waals surface area contributed by atoms with Gasteiger partial charge in [0.1, 0.15) is 28.8 Å². The Balaban J connectivity index is 2.18. The van der Waals surface area contributed by atoms with Crippen molar-refractivity contribution in [1.29, 1.82) is 0 Å². The van der Waals surface area contributed by atoms with Crippen LogP contribution in [0.15, 0.2) is 36.4 Å². The third-order valence-electron chi connectivity index (χ3n) is 2.84. The highest BCUT2D eigenvalue weighted by molar-refractivity contribution is 5.47. The van der Waals surface area contributed by atoms with Gasteiger partial charge >= 0.3 is 0 Å². The van der Waals surface area contributed by atoms with Crippen LogP contribution in [-0.2, 0) is 6.54 Å². The molecule has 3 nitrogen and oxygen atoms in total. The SMILES string of the molecule is COc1cc(CNc2c(F)cccc2F)cc(OC)c1. The van der Waals surface area contributed by atoms with Crippen molar-refractivity contribution in [2.45, 2.75) is 6.54 Å². The lowest BCUT2D eigenvalue weighted by molar-refractivity contribution is 0.393. The molecule has 0 saturated heterocycles. The molecule has 0 atom stereocenters. The van der Waals surface area contributed by atoms with Crippen molar-refractivity contribution in [2.75, 3.05) is 19.5 Å². The highest BCUT2D eigenvalue weighted by Crippen LogP contribution is 2.24. The van der Waals surface area contributed by atoms with Gasteiger partial charge in [0.05, 0.1) is 14.2 Å². The molecule has 0 aromatic heterocycles. The van der Waals surface area contributed by atoms with Crippen molar-refractivity contribution in [3.63, 3.8) is 0 Å². The van der Waals surface area contributed by atoms with E-state index in [0.29, 0.717) is 11.5 Å². The second kappa shape index (κ2) is 6.23. The van der Waals surface area contributed by atoms with Gasteiger partial charge in [-0.05, 0) is 29.8 Å². The summed E-state index contributed by atoms with van der Waals surface area (Å²) in [5, 5.41) is 2.74. The summed E-state index contributed by atoms with van der Waals surface area (Å²) in [5.74, 6) is -0.00923. The Morgan fingerprint density at radius 3 is 2.00 bits per heavy atom. The Bertz CT molecular complexity index is 560. The summed E-state index contributed by atoms with van der Waals surface area (Å²) >= 11 is 0. The summed E-state index contributed by atoms with van der Waals surface area (Å²) in [7, 11) is 3.09. The maximum Gasteiger partial charge on any atom is 0.149 e. The van der Waals surface area contributed by atoms with E-state index in [0.717, 1.165) is 5.56 Å². The molecular weight excluding hydrogens is 264 g/mol. The zero-order valence-corrected chi connectivity index (χ0v) is 11.2. The fraction of sp³-hybridized carbons (Fsp3) is 0.200. The van der Waals surface area contributed by atoms with Gasteiger partial charge in [-0.2, -0.15) is 0 Å². The Morgan fingerprint density at radius 2 is 1.50 bits per heavy atom. The summed E-state index contributed by atoms with van der Waals surface area (Å²) in [6.45, 7) is 0.255. The topological polar surface area (TPSA) is 30.5 Å². The van der Waals surface area contributed by atoms with E-state index in [1.54, 1.807) is 32.4 Å². The van der Waals surface area contributed by atoms with Crippen molar-refractivity contribution in [1.82, 2.24) is 0 Å². The van der Waals surface area contributed by atoms with E-state index < -0.39 is 11.6 Å². The largest absolute Gasteiger partial charge is 0.497 e. The van der Waals surface area contributed by atoms with Crippen molar-refractivity contribution < 1.29 is 18.3 Å². The fourth-order valence-corrected chi connectivity index (χ4v) is 1.83. The highest BCUT2D eigenvalue weighted by atomic mass is 19.1. The summed E-state index contributed by atoms with van der Waals surface area (Å²) in [6.07, 6.45) is 0. The van der Waals surface area contributed by atoms with Gasteiger partial charge in [-0.25, -0.2) is 8.78 Å². The van der Waals surface area contributed by atoms with Gasteiger partial charge in [-0.3, -0.25) is 0 Å². The van der Waals surface area contributed by atoms with E-state index in [1.807, 2.05) is 0 Å². The lowest BCUT2D eigenvalue weighted by Gasteiger charge is -2.11. The lowest BCUT2D eigenvalue weighted by atomic mass is 10.2. The second-order valence-corrected chi connectivity index (χ2v) is 4.17. The van der Waals surface area contributed by atoms with Gasteiger partial charge in [-0.1, -0.05) is 6.07 Å². The van der Waals surface area contributed by atoms with Crippen LogP contribution in [0, 0.1) is 11.6 Å². The maximum atomic E-state index is 13.5. The minimum absolute atomic E-state index is 0.144. The second-order valence-electron chi connectivity index (χ2n) is 4.17. The first-order valence-corrected chi connectivity index (χ1v) is 6.04. The van der Waals surface area contributed by atoms with Crippen LogP contribution in [-0.4, -0.2) is 14.2 Å². The molecule has 0 spiro atoms. The number of nitrogens with one attached hydrogen (secondary N) is 1. The first-order valence-electron chi connectivity index (χ1n) is 6.04. The van der Waals surface area contributed by atoms with Crippen molar-refractivity contribution in [3.8, 4) is 11.5 Å². The normalized spacial score (nSPS) is 10.2. The molecule has 0 aliphatic rings. The predicted octanol–water partition coefficient (Wildman–Crippen LogP) is 3.59. The summed E-state index contributed by atoms with van der Waals surface area (Å²) < 4.78 is 37.3. The average Bonchev–Trinajstić information content (AvgIpc) is 2.46. The third-order valence-corrected chi connectivity index (χ3v) is 2.84. The number of rotatable bonds is 5. The van der Waals surface area contributed by atoms with Crippen molar-refractivity contribution in [2.24, 2.45) is 0 Å². The van der Waals surface area contributed by atoms with E-state index in [4.69, 9.17) is 9.47 Å². The number of halogens is 2. The van der Waals surface area contributed by atoms with Gasteiger partial charge < -0.3 is 14.8 Å². The zero-order valence-electron chi connectivity index (χ0n) is 11.2. The Morgan fingerprint density at radius 1 is 0.950 bits per heavy atom. The molecule has 0 fully saturated rings. The van der Waals surface area contributed by atoms with Gasteiger partial charge in [0, 0.05) is 12.6 Å². The van der Waals surface area contributed by atoms with Crippen LogP contribution < -0.4 is 14.8 Å². The quantitative estimate of drug-likeness (QED) is 0.907. The van der Waals surface area contributed by atoms with Gasteiger partial charge in [0.15, 0.2) is 0 Å². The average molecular weight is 279 g/mol. The molecule has 0 heterocycles. The molecule has 0 amide bonds. The maximum absolute atomic E-state index is 13.5. The van der Waals surface area contributed by atoms with Crippen LogP contribution in [0.3, 0.4) is 0 Å². The number of anilines is 1. The molecule has 2 rings (SSSR count). The Kier molecular flexibility index (Phi) is 4.40. The number of ether oxygens (including phenoxy) is 2. The van der Waals surface area contributed by atoms with Gasteiger partial charge in [-0.15, -0.1) is 0 Å². The molecule has 0 unspecified atom stereocenters. The number of benzene rings is 2. The molecule has 2 aromatic carbocycles. The number of para-hydroxylation sites is 1. The Hall–Kier alpha value is -2.30. The number of hydrogen-bond acceptors (Lipinski definition) is 3. The zero-order chi connectivity index (χ0) is 14.5. The molecule has 5 heteroatoms. The predicted molar refractivity (Wildman–Crippen MR) is 73.2 cm³/mol. The summed E-state index contributed by atoms with van der Waals surface area (Å²) in [6, 6.07) is 9.01. The van der Waals surface area contributed by atoms with E-state index in [2.05, 4.69) is 5.32 Å². The fourth-order valence-electron chi connectivity index (χ4n) is 1.83. The van der Waals surface area contributed by atoms with Crippen LogP contribution in [0.25, 0.3) is 0 Å². The molecule has 20 heavy (non-hydrogen) atoms. The highest BCUT2D eigenvalue weighted by Gasteiger charge is 2.08. The molecular formula is C15H15F2NO2. The smallest absolute Gasteiger partial charge is 0.149 e. The van der Waals surface area contributed by atoms with Crippen LogP contribution in [0.1, 0.15) is 5.56 Å². The third kappa shape index (κ3) is 3.17. The van der Waals surface area contributed by atoms with Gasteiger partial charge in [0.2, 0.25) is 0 Å². The first kappa shape index (κ1) is 14.1. The molecule has 2 aromatic rings. The lowest BCUT2D eigenvalue weighted by Crippen LogP contribution is -2.04. The monoisotopic (exact) mass is 279 g/mol. The van der Waals surface area contributed by atoms with Crippen LogP contribution in [0.2, 0.25) is 0 Å². The van der Waals surface area contributed by atoms with E-state index in [9.17, 15) is 8.78 Å².